The fraction of sp³-hybridized carbons (Fsp3) is 0.435. The molecule has 2 fully saturated rings. The van der Waals surface area contributed by atoms with Crippen LogP contribution < -0.4 is 30.7 Å². The first-order valence-corrected chi connectivity index (χ1v) is 11.3. The molecule has 0 aliphatic carbocycles. The van der Waals surface area contributed by atoms with E-state index in [2.05, 4.69) is 36.7 Å². The summed E-state index contributed by atoms with van der Waals surface area (Å²) in [5.74, 6) is 2.09. The minimum Gasteiger partial charge on any atom is -0.494 e. The summed E-state index contributed by atoms with van der Waals surface area (Å²) in [5, 5.41) is 14.5. The molecule has 0 spiro atoms. The summed E-state index contributed by atoms with van der Waals surface area (Å²) in [6, 6.07) is 8.07. The van der Waals surface area contributed by atoms with Crippen LogP contribution in [0.25, 0.3) is 10.8 Å². The number of hydrogen-bond acceptors (Lipinski definition) is 8. The van der Waals surface area contributed by atoms with Crippen LogP contribution in [-0.4, -0.2) is 61.6 Å². The summed E-state index contributed by atoms with van der Waals surface area (Å²) in [6.07, 6.45) is 5.23. The Morgan fingerprint density at radius 3 is 2.62 bits per heavy atom. The molecule has 0 atom stereocenters. The van der Waals surface area contributed by atoms with Gasteiger partial charge in [0.05, 0.1) is 24.4 Å². The van der Waals surface area contributed by atoms with Gasteiger partial charge in [0.1, 0.15) is 17.4 Å². The topological polar surface area (TPSA) is 98.4 Å². The van der Waals surface area contributed by atoms with Crippen LogP contribution in [0.4, 0.5) is 23.0 Å². The van der Waals surface area contributed by atoms with E-state index in [-0.39, 0.29) is 5.56 Å². The fourth-order valence-corrected chi connectivity index (χ4v) is 4.51. The van der Waals surface area contributed by atoms with Gasteiger partial charge in [0.25, 0.3) is 5.56 Å². The third kappa shape index (κ3) is 4.08. The van der Waals surface area contributed by atoms with Crippen molar-refractivity contribution in [3.8, 4) is 5.75 Å². The molecular formula is C23H29N7O2. The number of nitrogens with zero attached hydrogens (tertiary/aromatic N) is 4. The number of pyridine rings is 1. The van der Waals surface area contributed by atoms with E-state index in [0.29, 0.717) is 17.0 Å². The number of piperazine rings is 1. The van der Waals surface area contributed by atoms with Gasteiger partial charge < -0.3 is 25.2 Å². The van der Waals surface area contributed by atoms with Crippen LogP contribution in [-0.2, 0) is 0 Å². The maximum Gasteiger partial charge on any atom is 0.275 e. The zero-order chi connectivity index (χ0) is 21.9. The van der Waals surface area contributed by atoms with Crippen LogP contribution in [0.5, 0.6) is 5.75 Å². The van der Waals surface area contributed by atoms with E-state index in [1.54, 1.807) is 13.3 Å². The van der Waals surface area contributed by atoms with Crippen molar-refractivity contribution < 1.29 is 4.74 Å². The molecule has 0 unspecified atom stereocenters. The largest absolute Gasteiger partial charge is 0.494 e. The van der Waals surface area contributed by atoms with Crippen molar-refractivity contribution in [1.82, 2.24) is 20.5 Å². The summed E-state index contributed by atoms with van der Waals surface area (Å²) in [4.78, 5) is 22.1. The summed E-state index contributed by atoms with van der Waals surface area (Å²) in [6.45, 7) is 5.80. The van der Waals surface area contributed by atoms with Gasteiger partial charge in [-0.15, -0.1) is 0 Å². The highest BCUT2D eigenvalue weighted by Gasteiger charge is 2.18. The van der Waals surface area contributed by atoms with Gasteiger partial charge in [0.15, 0.2) is 0 Å². The van der Waals surface area contributed by atoms with Crippen LogP contribution in [0.2, 0.25) is 0 Å². The molecule has 2 aromatic heterocycles. The van der Waals surface area contributed by atoms with E-state index in [1.165, 1.54) is 6.42 Å². The van der Waals surface area contributed by atoms with Crippen LogP contribution in [0.3, 0.4) is 0 Å². The normalized spacial score (nSPS) is 16.9. The van der Waals surface area contributed by atoms with E-state index >= 15 is 0 Å². The molecule has 9 heteroatoms. The van der Waals surface area contributed by atoms with E-state index in [4.69, 9.17) is 9.72 Å². The molecule has 168 valence electrons. The number of fused-ring (bicyclic) bond motifs is 1. The summed E-state index contributed by atoms with van der Waals surface area (Å²) >= 11 is 0. The number of aromatic amines is 1. The van der Waals surface area contributed by atoms with Crippen molar-refractivity contribution in [3.05, 3.63) is 40.8 Å². The molecule has 0 bridgehead atoms. The van der Waals surface area contributed by atoms with Gasteiger partial charge >= 0.3 is 0 Å². The number of aromatic nitrogens is 3. The number of nitrogens with one attached hydrogen (secondary N) is 3. The maximum absolute atomic E-state index is 12.6. The highest BCUT2D eigenvalue weighted by atomic mass is 16.5. The molecule has 32 heavy (non-hydrogen) atoms. The number of piperidine rings is 1. The number of methoxy groups -OCH3 is 1. The highest BCUT2D eigenvalue weighted by molar-refractivity contribution is 5.94. The fourth-order valence-electron chi connectivity index (χ4n) is 4.51. The molecule has 0 saturated carbocycles. The number of hydrogen-bond donors (Lipinski definition) is 3. The molecule has 3 N–H and O–H groups in total. The summed E-state index contributed by atoms with van der Waals surface area (Å²) < 4.78 is 5.70. The standard InChI is InChI=1S/C23H29N7O2/c1-32-19-14-17(29-11-7-24-8-12-29)5-6-18(19)26-22-21-16(15-25-28-23(21)31)13-20(27-22)30-9-3-2-4-10-30/h5-6,13-15,24H,2-4,7-12H2,1H3,(H,26,27)(H,28,31). The maximum atomic E-state index is 12.6. The monoisotopic (exact) mass is 435 g/mol. The SMILES string of the molecule is COc1cc(N2CCNCC2)ccc1Nc1nc(N2CCCCC2)cc2cn[nH]c(=O)c12. The van der Waals surface area contributed by atoms with Gasteiger partial charge in [0.2, 0.25) is 0 Å². The predicted molar refractivity (Wildman–Crippen MR) is 128 cm³/mol. The van der Waals surface area contributed by atoms with Crippen LogP contribution in [0.1, 0.15) is 19.3 Å². The van der Waals surface area contributed by atoms with E-state index in [1.807, 2.05) is 18.2 Å². The minimum atomic E-state index is -0.265. The Kier molecular flexibility index (Phi) is 5.81. The number of ether oxygens (including phenoxy) is 1. The molecule has 5 rings (SSSR count). The lowest BCUT2D eigenvalue weighted by Crippen LogP contribution is -2.43. The molecule has 0 amide bonds. The molecule has 3 aromatic rings. The first kappa shape index (κ1) is 20.6. The van der Waals surface area contributed by atoms with Crippen molar-refractivity contribution in [2.75, 3.05) is 61.5 Å². The van der Waals surface area contributed by atoms with E-state index in [9.17, 15) is 4.79 Å². The number of rotatable bonds is 5. The van der Waals surface area contributed by atoms with Gasteiger partial charge in [-0.3, -0.25) is 4.79 Å². The number of H-pyrrole nitrogens is 1. The average molecular weight is 436 g/mol. The van der Waals surface area contributed by atoms with Crippen molar-refractivity contribution >= 4 is 33.8 Å². The van der Waals surface area contributed by atoms with Crippen LogP contribution >= 0.6 is 0 Å². The third-order valence-corrected chi connectivity index (χ3v) is 6.23. The third-order valence-electron chi connectivity index (χ3n) is 6.23. The lowest BCUT2D eigenvalue weighted by atomic mass is 10.1. The summed E-state index contributed by atoms with van der Waals surface area (Å²) in [7, 11) is 1.66. The van der Waals surface area contributed by atoms with Crippen molar-refractivity contribution in [3.63, 3.8) is 0 Å². The van der Waals surface area contributed by atoms with Gasteiger partial charge in [0, 0.05) is 56.4 Å². The molecule has 1 aromatic carbocycles. The van der Waals surface area contributed by atoms with Gasteiger partial charge in [-0.2, -0.15) is 5.10 Å². The zero-order valence-corrected chi connectivity index (χ0v) is 18.4. The first-order chi connectivity index (χ1) is 15.7. The second-order valence-corrected chi connectivity index (χ2v) is 8.29. The molecule has 0 radical (unpaired) electrons. The number of benzene rings is 1. The van der Waals surface area contributed by atoms with E-state index < -0.39 is 0 Å². The van der Waals surface area contributed by atoms with Crippen LogP contribution in [0, 0.1) is 0 Å². The summed E-state index contributed by atoms with van der Waals surface area (Å²) in [5.41, 5.74) is 1.63. The first-order valence-electron chi connectivity index (χ1n) is 11.3. The molecule has 2 aliphatic heterocycles. The minimum absolute atomic E-state index is 0.265. The Morgan fingerprint density at radius 1 is 1.03 bits per heavy atom. The van der Waals surface area contributed by atoms with Gasteiger partial charge in [-0.1, -0.05) is 0 Å². The van der Waals surface area contributed by atoms with Gasteiger partial charge in [-0.05, 0) is 37.5 Å². The molecule has 2 aliphatic rings. The Labute approximate surface area is 186 Å². The Hall–Kier alpha value is -3.33. The van der Waals surface area contributed by atoms with Crippen molar-refractivity contribution in [2.24, 2.45) is 0 Å². The van der Waals surface area contributed by atoms with Crippen LogP contribution in [0.15, 0.2) is 35.3 Å². The molecular weight excluding hydrogens is 406 g/mol. The lowest BCUT2D eigenvalue weighted by Gasteiger charge is -2.30. The molecule has 9 nitrogen and oxygen atoms in total. The Bertz CT molecular complexity index is 1150. The van der Waals surface area contributed by atoms with E-state index in [0.717, 1.165) is 74.7 Å². The zero-order valence-electron chi connectivity index (χ0n) is 18.4. The molecule has 2 saturated heterocycles. The highest BCUT2D eigenvalue weighted by Crippen LogP contribution is 2.34. The lowest BCUT2D eigenvalue weighted by molar-refractivity contribution is 0.416. The molecule has 4 heterocycles. The average Bonchev–Trinajstić information content (AvgIpc) is 2.85. The predicted octanol–water partition coefficient (Wildman–Crippen LogP) is 2.47. The smallest absolute Gasteiger partial charge is 0.275 e. The number of anilines is 4. The quantitative estimate of drug-likeness (QED) is 0.562. The Balaban J connectivity index is 1.53. The second kappa shape index (κ2) is 9.04. The second-order valence-electron chi connectivity index (χ2n) is 8.29. The van der Waals surface area contributed by atoms with Crippen molar-refractivity contribution in [2.45, 2.75) is 19.3 Å². The Morgan fingerprint density at radius 2 is 1.84 bits per heavy atom. The van der Waals surface area contributed by atoms with Crippen molar-refractivity contribution in [1.29, 1.82) is 0 Å². The van der Waals surface area contributed by atoms with Gasteiger partial charge in [-0.25, -0.2) is 10.1 Å².